The molecule has 0 aliphatic heterocycles. The van der Waals surface area contributed by atoms with Crippen molar-refractivity contribution in [2.24, 2.45) is 0 Å². The van der Waals surface area contributed by atoms with Crippen molar-refractivity contribution in [3.05, 3.63) is 34.7 Å². The molecule has 2 amide bonds. The summed E-state index contributed by atoms with van der Waals surface area (Å²) in [5.74, 6) is -1.44. The van der Waals surface area contributed by atoms with Crippen molar-refractivity contribution in [2.45, 2.75) is 12.5 Å². The molecular weight excluding hydrogens is 282 g/mol. The molecule has 0 aliphatic carbocycles. The van der Waals surface area contributed by atoms with Crippen LogP contribution in [0, 0.1) is 0 Å². The molecule has 106 valence electrons. The summed E-state index contributed by atoms with van der Waals surface area (Å²) >= 11 is 1.44. The number of hydrogen-bond acceptors (Lipinski definition) is 6. The van der Waals surface area contributed by atoms with E-state index in [1.54, 1.807) is 0 Å². The van der Waals surface area contributed by atoms with Gasteiger partial charge in [0.05, 0.1) is 6.10 Å². The zero-order valence-electron chi connectivity index (χ0n) is 10.4. The summed E-state index contributed by atoms with van der Waals surface area (Å²) in [6.07, 6.45) is 0.975. The molecule has 0 aromatic carbocycles. The maximum Gasteiger partial charge on any atom is 0.314 e. The summed E-state index contributed by atoms with van der Waals surface area (Å²) in [4.78, 5) is 23.8. The second-order valence-electron chi connectivity index (χ2n) is 3.91. The largest absolute Gasteiger partial charge is 0.388 e. The Bertz CT molecular complexity index is 553. The first kappa shape index (κ1) is 14.2. The second kappa shape index (κ2) is 6.83. The SMILES string of the molecule is O=C(NCCC(O)c1cccs1)C(=O)Nc1ccon1. The van der Waals surface area contributed by atoms with E-state index in [1.807, 2.05) is 17.5 Å². The van der Waals surface area contributed by atoms with Crippen molar-refractivity contribution in [1.29, 1.82) is 0 Å². The van der Waals surface area contributed by atoms with E-state index in [4.69, 9.17) is 0 Å². The van der Waals surface area contributed by atoms with Crippen LogP contribution in [0.4, 0.5) is 5.82 Å². The summed E-state index contributed by atoms with van der Waals surface area (Å²) in [6.45, 7) is 0.199. The van der Waals surface area contributed by atoms with Crippen LogP contribution in [0.3, 0.4) is 0 Å². The lowest BCUT2D eigenvalue weighted by atomic mass is 10.2. The summed E-state index contributed by atoms with van der Waals surface area (Å²) in [7, 11) is 0. The molecule has 1 unspecified atom stereocenters. The first-order chi connectivity index (χ1) is 9.66. The van der Waals surface area contributed by atoms with E-state index in [1.165, 1.54) is 23.7 Å². The van der Waals surface area contributed by atoms with Crippen LogP contribution in [-0.4, -0.2) is 28.6 Å². The maximum absolute atomic E-state index is 11.5. The predicted molar refractivity (Wildman–Crippen MR) is 72.0 cm³/mol. The summed E-state index contributed by atoms with van der Waals surface area (Å²) in [5, 5.41) is 19.8. The number of aromatic nitrogens is 1. The third-order valence-electron chi connectivity index (χ3n) is 2.46. The summed E-state index contributed by atoms with van der Waals surface area (Å²) in [5.41, 5.74) is 0. The number of rotatable bonds is 5. The molecule has 3 N–H and O–H groups in total. The van der Waals surface area contributed by atoms with Crippen LogP contribution in [-0.2, 0) is 9.59 Å². The van der Waals surface area contributed by atoms with Crippen molar-refractivity contribution in [2.75, 3.05) is 11.9 Å². The number of anilines is 1. The monoisotopic (exact) mass is 295 g/mol. The van der Waals surface area contributed by atoms with Gasteiger partial charge in [0.1, 0.15) is 6.26 Å². The van der Waals surface area contributed by atoms with Gasteiger partial charge < -0.3 is 14.9 Å². The quantitative estimate of drug-likeness (QED) is 0.711. The number of hydrogen-bond donors (Lipinski definition) is 3. The molecule has 0 saturated carbocycles. The van der Waals surface area contributed by atoms with Crippen molar-refractivity contribution in [3.63, 3.8) is 0 Å². The van der Waals surface area contributed by atoms with Gasteiger partial charge in [-0.3, -0.25) is 14.9 Å². The smallest absolute Gasteiger partial charge is 0.314 e. The minimum Gasteiger partial charge on any atom is -0.388 e. The van der Waals surface area contributed by atoms with Gasteiger partial charge >= 0.3 is 11.8 Å². The van der Waals surface area contributed by atoms with Crippen molar-refractivity contribution in [1.82, 2.24) is 10.5 Å². The van der Waals surface area contributed by atoms with Gasteiger partial charge in [-0.15, -0.1) is 11.3 Å². The molecule has 2 aromatic heterocycles. The number of carbonyl (C=O) groups is 2. The number of carbonyl (C=O) groups excluding carboxylic acids is 2. The maximum atomic E-state index is 11.5. The van der Waals surface area contributed by atoms with Gasteiger partial charge in [-0.05, 0) is 17.9 Å². The van der Waals surface area contributed by atoms with Crippen LogP contribution in [0.2, 0.25) is 0 Å². The van der Waals surface area contributed by atoms with Crippen LogP contribution < -0.4 is 10.6 Å². The molecule has 0 aliphatic rings. The Labute approximate surface area is 118 Å². The van der Waals surface area contributed by atoms with E-state index < -0.39 is 17.9 Å². The zero-order valence-corrected chi connectivity index (χ0v) is 11.2. The molecular formula is C12H13N3O4S. The minimum absolute atomic E-state index is 0.170. The zero-order chi connectivity index (χ0) is 14.4. The molecule has 2 aromatic rings. The van der Waals surface area contributed by atoms with E-state index in [2.05, 4.69) is 20.3 Å². The molecule has 0 spiro atoms. The fraction of sp³-hybridized carbons (Fsp3) is 0.250. The lowest BCUT2D eigenvalue weighted by Gasteiger charge is -2.09. The first-order valence-corrected chi connectivity index (χ1v) is 6.76. The van der Waals surface area contributed by atoms with Crippen LogP contribution >= 0.6 is 11.3 Å². The third kappa shape index (κ3) is 3.90. The van der Waals surface area contributed by atoms with Gasteiger partial charge in [-0.25, -0.2) is 0 Å². The minimum atomic E-state index is -0.829. The van der Waals surface area contributed by atoms with E-state index in [-0.39, 0.29) is 12.4 Å². The standard InChI is InChI=1S/C12H13N3O4S/c16-8(9-2-1-7-20-9)3-5-13-11(17)12(18)14-10-4-6-19-15-10/h1-2,4,6-8,16H,3,5H2,(H,13,17)(H,14,15,18). The molecule has 2 heterocycles. The van der Waals surface area contributed by atoms with E-state index in [0.29, 0.717) is 6.42 Å². The van der Waals surface area contributed by atoms with Crippen molar-refractivity contribution < 1.29 is 19.2 Å². The van der Waals surface area contributed by atoms with Crippen molar-refractivity contribution in [3.8, 4) is 0 Å². The van der Waals surface area contributed by atoms with Gasteiger partial charge in [0.2, 0.25) is 0 Å². The average molecular weight is 295 g/mol. The van der Waals surface area contributed by atoms with Gasteiger partial charge in [0.25, 0.3) is 0 Å². The highest BCUT2D eigenvalue weighted by Gasteiger charge is 2.15. The van der Waals surface area contributed by atoms with Crippen LogP contribution in [0.5, 0.6) is 0 Å². The van der Waals surface area contributed by atoms with Crippen LogP contribution in [0.25, 0.3) is 0 Å². The fourth-order valence-corrected chi connectivity index (χ4v) is 2.22. The Balaban J connectivity index is 1.71. The van der Waals surface area contributed by atoms with E-state index in [9.17, 15) is 14.7 Å². The van der Waals surface area contributed by atoms with E-state index in [0.717, 1.165) is 4.88 Å². The lowest BCUT2D eigenvalue weighted by Crippen LogP contribution is -2.36. The molecule has 1 atom stereocenters. The topological polar surface area (TPSA) is 104 Å². The molecule has 8 heteroatoms. The summed E-state index contributed by atoms with van der Waals surface area (Å²) in [6, 6.07) is 5.08. The predicted octanol–water partition coefficient (Wildman–Crippen LogP) is 0.915. The number of nitrogens with one attached hydrogen (secondary N) is 2. The molecule has 0 radical (unpaired) electrons. The Morgan fingerprint density at radius 2 is 2.25 bits per heavy atom. The first-order valence-electron chi connectivity index (χ1n) is 5.88. The van der Waals surface area contributed by atoms with Crippen LogP contribution in [0.1, 0.15) is 17.4 Å². The second-order valence-corrected chi connectivity index (χ2v) is 4.89. The fourth-order valence-electron chi connectivity index (χ4n) is 1.48. The van der Waals surface area contributed by atoms with Gasteiger partial charge in [-0.1, -0.05) is 11.2 Å². The Morgan fingerprint density at radius 1 is 1.40 bits per heavy atom. The molecule has 2 rings (SSSR count). The molecule has 0 saturated heterocycles. The highest BCUT2D eigenvalue weighted by Crippen LogP contribution is 2.20. The number of aliphatic hydroxyl groups excluding tert-OH is 1. The highest BCUT2D eigenvalue weighted by molar-refractivity contribution is 7.10. The number of amides is 2. The Morgan fingerprint density at radius 3 is 2.90 bits per heavy atom. The number of nitrogens with zero attached hydrogens (tertiary/aromatic N) is 1. The molecule has 0 fully saturated rings. The van der Waals surface area contributed by atoms with Crippen LogP contribution in [0.15, 0.2) is 34.4 Å². The van der Waals surface area contributed by atoms with E-state index >= 15 is 0 Å². The lowest BCUT2D eigenvalue weighted by molar-refractivity contribution is -0.136. The Kier molecular flexibility index (Phi) is 4.85. The number of thiophene rings is 1. The molecule has 0 bridgehead atoms. The van der Waals surface area contributed by atoms with Gasteiger partial charge in [0, 0.05) is 17.5 Å². The normalized spacial score (nSPS) is 11.8. The highest BCUT2D eigenvalue weighted by atomic mass is 32.1. The summed E-state index contributed by atoms with van der Waals surface area (Å²) < 4.78 is 4.52. The average Bonchev–Trinajstić information content (AvgIpc) is 3.11. The number of aliphatic hydroxyl groups is 1. The molecule has 7 nitrogen and oxygen atoms in total. The Hall–Kier alpha value is -2.19. The molecule has 20 heavy (non-hydrogen) atoms. The van der Waals surface area contributed by atoms with Crippen molar-refractivity contribution >= 4 is 29.0 Å². The van der Waals surface area contributed by atoms with Gasteiger partial charge in [-0.2, -0.15) is 0 Å². The van der Waals surface area contributed by atoms with Gasteiger partial charge in [0.15, 0.2) is 5.82 Å². The third-order valence-corrected chi connectivity index (χ3v) is 3.43.